The van der Waals surface area contributed by atoms with Crippen molar-refractivity contribution in [1.29, 1.82) is 0 Å². The molecule has 0 aromatic rings. The lowest BCUT2D eigenvalue weighted by Gasteiger charge is -2.20. The summed E-state index contributed by atoms with van der Waals surface area (Å²) >= 11 is 0. The van der Waals surface area contributed by atoms with Gasteiger partial charge in [0.15, 0.2) is 0 Å². The van der Waals surface area contributed by atoms with E-state index >= 15 is 0 Å². The molecule has 1 saturated heterocycles. The Kier molecular flexibility index (Phi) is 2.66. The van der Waals surface area contributed by atoms with Gasteiger partial charge in [0, 0.05) is 0 Å². The molecule has 70 valence electrons. The van der Waals surface area contributed by atoms with Gasteiger partial charge in [-0.25, -0.2) is 0 Å². The zero-order valence-corrected chi connectivity index (χ0v) is 7.54. The highest BCUT2D eigenvalue weighted by atomic mass is 16.6. The fraction of sp³-hybridized carbons (Fsp3) is 1.00. The van der Waals surface area contributed by atoms with E-state index in [0.29, 0.717) is 6.10 Å². The summed E-state index contributed by atoms with van der Waals surface area (Å²) in [7, 11) is 0. The minimum atomic E-state index is 0.187. The van der Waals surface area contributed by atoms with Gasteiger partial charge in [0.2, 0.25) is 0 Å². The van der Waals surface area contributed by atoms with Crippen molar-refractivity contribution in [3.8, 4) is 0 Å². The summed E-state index contributed by atoms with van der Waals surface area (Å²) in [4.78, 5) is 0. The largest absolute Gasteiger partial charge is 0.394 e. The van der Waals surface area contributed by atoms with E-state index < -0.39 is 0 Å². The Balaban J connectivity index is 1.66. The molecule has 0 radical (unpaired) electrons. The molecule has 1 saturated carbocycles. The SMILES string of the molecule is OC[C@H]1O[C@@H]1CC1CCCCC1. The van der Waals surface area contributed by atoms with Gasteiger partial charge in [0.25, 0.3) is 0 Å². The highest BCUT2D eigenvalue weighted by molar-refractivity contribution is 4.86. The number of aliphatic hydroxyl groups excluding tert-OH is 1. The zero-order chi connectivity index (χ0) is 8.39. The average Bonchev–Trinajstić information content (AvgIpc) is 2.85. The Labute approximate surface area is 73.9 Å². The van der Waals surface area contributed by atoms with Gasteiger partial charge < -0.3 is 9.84 Å². The highest BCUT2D eigenvalue weighted by Crippen LogP contribution is 2.34. The third-order valence-corrected chi connectivity index (χ3v) is 3.16. The summed E-state index contributed by atoms with van der Waals surface area (Å²) in [6.45, 7) is 0.220. The first-order valence-electron chi connectivity index (χ1n) is 5.16. The van der Waals surface area contributed by atoms with Crippen molar-refractivity contribution >= 4 is 0 Å². The number of hydrogen-bond donors (Lipinski definition) is 1. The van der Waals surface area contributed by atoms with Gasteiger partial charge in [-0.15, -0.1) is 0 Å². The molecule has 0 unspecified atom stereocenters. The summed E-state index contributed by atoms with van der Waals surface area (Å²) in [6.07, 6.45) is 8.79. The minimum Gasteiger partial charge on any atom is -0.394 e. The van der Waals surface area contributed by atoms with Crippen LogP contribution in [0.4, 0.5) is 0 Å². The van der Waals surface area contributed by atoms with E-state index in [4.69, 9.17) is 9.84 Å². The second kappa shape index (κ2) is 3.75. The topological polar surface area (TPSA) is 32.8 Å². The molecule has 2 rings (SSSR count). The maximum Gasteiger partial charge on any atom is 0.107 e. The van der Waals surface area contributed by atoms with Crippen LogP contribution in [0.25, 0.3) is 0 Å². The van der Waals surface area contributed by atoms with Gasteiger partial charge in [0.05, 0.1) is 12.7 Å². The van der Waals surface area contributed by atoms with E-state index in [2.05, 4.69) is 0 Å². The summed E-state index contributed by atoms with van der Waals surface area (Å²) in [5, 5.41) is 8.78. The van der Waals surface area contributed by atoms with Crippen LogP contribution in [0.1, 0.15) is 38.5 Å². The molecule has 0 spiro atoms. The summed E-state index contributed by atoms with van der Waals surface area (Å²) in [6, 6.07) is 0. The summed E-state index contributed by atoms with van der Waals surface area (Å²) in [5.41, 5.74) is 0. The molecule has 0 aromatic carbocycles. The van der Waals surface area contributed by atoms with Crippen LogP contribution in [0.15, 0.2) is 0 Å². The Morgan fingerprint density at radius 2 is 1.83 bits per heavy atom. The molecule has 0 amide bonds. The fourth-order valence-corrected chi connectivity index (χ4v) is 2.30. The van der Waals surface area contributed by atoms with E-state index in [1.807, 2.05) is 0 Å². The molecule has 1 aliphatic heterocycles. The lowest BCUT2D eigenvalue weighted by molar-refractivity contribution is 0.238. The molecule has 0 aromatic heterocycles. The molecule has 12 heavy (non-hydrogen) atoms. The lowest BCUT2D eigenvalue weighted by Crippen LogP contribution is -2.10. The molecule has 2 fully saturated rings. The standard InChI is InChI=1S/C10H18O2/c11-7-10-9(12-10)6-8-4-2-1-3-5-8/h8-11H,1-7H2/t9-,10-/m1/s1. The predicted molar refractivity (Wildman–Crippen MR) is 46.9 cm³/mol. The molecule has 2 nitrogen and oxygen atoms in total. The van der Waals surface area contributed by atoms with Crippen LogP contribution >= 0.6 is 0 Å². The number of aliphatic hydroxyl groups is 1. The van der Waals surface area contributed by atoms with Gasteiger partial charge in [0.1, 0.15) is 6.10 Å². The van der Waals surface area contributed by atoms with Crippen LogP contribution in [0.2, 0.25) is 0 Å². The molecule has 2 atom stereocenters. The molecule has 1 N–H and O–H groups in total. The van der Waals surface area contributed by atoms with E-state index in [1.165, 1.54) is 38.5 Å². The molecule has 1 heterocycles. The van der Waals surface area contributed by atoms with Gasteiger partial charge in [-0.3, -0.25) is 0 Å². The molecular formula is C10H18O2. The van der Waals surface area contributed by atoms with Crippen LogP contribution in [-0.4, -0.2) is 23.9 Å². The predicted octanol–water partition coefficient (Wildman–Crippen LogP) is 1.72. The van der Waals surface area contributed by atoms with Crippen molar-refractivity contribution in [3.05, 3.63) is 0 Å². The molecule has 2 heteroatoms. The number of hydrogen-bond acceptors (Lipinski definition) is 2. The Hall–Kier alpha value is -0.0800. The summed E-state index contributed by atoms with van der Waals surface area (Å²) < 4.78 is 5.32. The monoisotopic (exact) mass is 170 g/mol. The van der Waals surface area contributed by atoms with Gasteiger partial charge >= 0.3 is 0 Å². The van der Waals surface area contributed by atoms with Crippen LogP contribution in [-0.2, 0) is 4.74 Å². The molecule has 1 aliphatic carbocycles. The first-order chi connectivity index (χ1) is 5.90. The second-order valence-corrected chi connectivity index (χ2v) is 4.14. The average molecular weight is 170 g/mol. The van der Waals surface area contributed by atoms with Gasteiger partial charge in [-0.05, 0) is 12.3 Å². The van der Waals surface area contributed by atoms with Crippen molar-refractivity contribution in [1.82, 2.24) is 0 Å². The summed E-state index contributed by atoms with van der Waals surface area (Å²) in [5.74, 6) is 0.889. The van der Waals surface area contributed by atoms with E-state index in [-0.39, 0.29) is 12.7 Å². The maximum atomic E-state index is 8.78. The van der Waals surface area contributed by atoms with Crippen molar-refractivity contribution in [2.45, 2.75) is 50.7 Å². The van der Waals surface area contributed by atoms with Crippen molar-refractivity contribution in [2.75, 3.05) is 6.61 Å². The number of rotatable bonds is 3. The van der Waals surface area contributed by atoms with Crippen molar-refractivity contribution in [2.24, 2.45) is 5.92 Å². The van der Waals surface area contributed by atoms with Gasteiger partial charge in [-0.1, -0.05) is 32.1 Å². The smallest absolute Gasteiger partial charge is 0.107 e. The Bertz CT molecular complexity index is 141. The van der Waals surface area contributed by atoms with Crippen LogP contribution in [0.5, 0.6) is 0 Å². The van der Waals surface area contributed by atoms with Crippen LogP contribution in [0.3, 0.4) is 0 Å². The lowest BCUT2D eigenvalue weighted by atomic mass is 9.86. The zero-order valence-electron chi connectivity index (χ0n) is 7.54. The molecule has 0 bridgehead atoms. The normalized spacial score (nSPS) is 36.8. The van der Waals surface area contributed by atoms with Crippen molar-refractivity contribution in [3.63, 3.8) is 0 Å². The fourth-order valence-electron chi connectivity index (χ4n) is 2.30. The first-order valence-corrected chi connectivity index (χ1v) is 5.16. The molecule has 2 aliphatic rings. The van der Waals surface area contributed by atoms with E-state index in [9.17, 15) is 0 Å². The third-order valence-electron chi connectivity index (χ3n) is 3.16. The second-order valence-electron chi connectivity index (χ2n) is 4.14. The van der Waals surface area contributed by atoms with Crippen LogP contribution in [0, 0.1) is 5.92 Å². The first kappa shape index (κ1) is 8.52. The molecular weight excluding hydrogens is 152 g/mol. The Morgan fingerprint density at radius 3 is 2.42 bits per heavy atom. The minimum absolute atomic E-state index is 0.187. The number of ether oxygens (including phenoxy) is 1. The van der Waals surface area contributed by atoms with Crippen LogP contribution < -0.4 is 0 Å². The van der Waals surface area contributed by atoms with E-state index in [0.717, 1.165) is 5.92 Å². The Morgan fingerprint density at radius 1 is 1.08 bits per heavy atom. The van der Waals surface area contributed by atoms with E-state index in [1.54, 1.807) is 0 Å². The quantitative estimate of drug-likeness (QED) is 0.654. The highest BCUT2D eigenvalue weighted by Gasteiger charge is 2.39. The number of epoxide rings is 1. The van der Waals surface area contributed by atoms with Gasteiger partial charge in [-0.2, -0.15) is 0 Å². The van der Waals surface area contributed by atoms with Crippen molar-refractivity contribution < 1.29 is 9.84 Å². The third kappa shape index (κ3) is 1.99. The maximum absolute atomic E-state index is 8.78.